The summed E-state index contributed by atoms with van der Waals surface area (Å²) >= 11 is 0. The van der Waals surface area contributed by atoms with Crippen molar-refractivity contribution in [2.24, 2.45) is 5.92 Å². The van der Waals surface area contributed by atoms with Crippen molar-refractivity contribution in [1.29, 1.82) is 0 Å². The molecule has 0 saturated heterocycles. The van der Waals surface area contributed by atoms with E-state index in [0.29, 0.717) is 0 Å². The van der Waals surface area contributed by atoms with E-state index < -0.39 is 41.9 Å². The highest BCUT2D eigenvalue weighted by atomic mass is 16.5. The fourth-order valence-electron chi connectivity index (χ4n) is 1.88. The molecule has 29 heavy (non-hydrogen) atoms. The first-order valence-electron chi connectivity index (χ1n) is 9.50. The van der Waals surface area contributed by atoms with Gasteiger partial charge in [0.1, 0.15) is 6.54 Å². The maximum absolute atomic E-state index is 11.7. The Labute approximate surface area is 170 Å². The predicted molar refractivity (Wildman–Crippen MR) is 102 cm³/mol. The summed E-state index contributed by atoms with van der Waals surface area (Å²) in [6.07, 6.45) is -0.790. The van der Waals surface area contributed by atoms with Crippen molar-refractivity contribution in [3.63, 3.8) is 0 Å². The van der Waals surface area contributed by atoms with Crippen molar-refractivity contribution in [2.45, 2.75) is 59.5 Å². The molecule has 0 aliphatic rings. The van der Waals surface area contributed by atoms with Gasteiger partial charge in [-0.15, -0.1) is 0 Å². The number of esters is 2. The van der Waals surface area contributed by atoms with Gasteiger partial charge in [-0.3, -0.25) is 28.8 Å². The van der Waals surface area contributed by atoms with Crippen molar-refractivity contribution in [3.05, 3.63) is 0 Å². The highest BCUT2D eigenvalue weighted by Crippen LogP contribution is 1.99. The van der Waals surface area contributed by atoms with Gasteiger partial charge in [-0.05, 0) is 26.2 Å². The van der Waals surface area contributed by atoms with Crippen LogP contribution in [0.5, 0.6) is 0 Å². The second-order valence-corrected chi connectivity index (χ2v) is 7.00. The number of Topliss-reactive ketones (excluding diaryl/α,β-unsaturated/α-hetero) is 2. The van der Waals surface area contributed by atoms with Gasteiger partial charge in [0.15, 0.2) is 0 Å². The first kappa shape index (κ1) is 26.2. The minimum Gasteiger partial charge on any atom is -0.464 e. The summed E-state index contributed by atoms with van der Waals surface area (Å²) in [6.45, 7) is 6.91. The van der Waals surface area contributed by atoms with Crippen LogP contribution in [-0.2, 0) is 38.2 Å². The number of nitrogens with one attached hydrogen (secondary N) is 2. The first-order valence-corrected chi connectivity index (χ1v) is 9.50. The summed E-state index contributed by atoms with van der Waals surface area (Å²) in [5, 5.41) is 4.49. The molecule has 0 aliphatic carbocycles. The van der Waals surface area contributed by atoms with E-state index in [1.165, 1.54) is 0 Å². The Kier molecular flexibility index (Phi) is 12.9. The molecule has 0 fully saturated rings. The number of carbonyl (C=O) groups is 6. The predicted octanol–water partition coefficient (Wildman–Crippen LogP) is 0.0682. The van der Waals surface area contributed by atoms with Gasteiger partial charge in [0.2, 0.25) is 11.6 Å². The molecule has 10 heteroatoms. The van der Waals surface area contributed by atoms with Gasteiger partial charge in [0.25, 0.3) is 11.8 Å². The van der Waals surface area contributed by atoms with Crippen LogP contribution in [0.4, 0.5) is 0 Å². The van der Waals surface area contributed by atoms with Crippen LogP contribution in [-0.4, -0.2) is 61.1 Å². The first-order chi connectivity index (χ1) is 13.5. The Hall–Kier alpha value is -2.78. The normalized spacial score (nSPS) is 10.4. The Bertz CT molecular complexity index is 613. The summed E-state index contributed by atoms with van der Waals surface area (Å²) in [5.74, 6) is -4.35. The van der Waals surface area contributed by atoms with Crippen LogP contribution < -0.4 is 10.6 Å². The van der Waals surface area contributed by atoms with Crippen LogP contribution in [0.3, 0.4) is 0 Å². The van der Waals surface area contributed by atoms with Gasteiger partial charge in [-0.1, -0.05) is 13.8 Å². The number of ketones is 2. The molecule has 0 saturated carbocycles. The van der Waals surface area contributed by atoms with E-state index in [-0.39, 0.29) is 50.9 Å². The smallest absolute Gasteiger partial charge is 0.325 e. The van der Waals surface area contributed by atoms with Crippen molar-refractivity contribution < 1.29 is 38.2 Å². The maximum atomic E-state index is 11.7. The van der Waals surface area contributed by atoms with E-state index in [1.807, 2.05) is 13.8 Å². The molecule has 0 aromatic rings. The van der Waals surface area contributed by atoms with Gasteiger partial charge in [-0.25, -0.2) is 0 Å². The third kappa shape index (κ3) is 14.0. The topological polar surface area (TPSA) is 145 Å². The van der Waals surface area contributed by atoms with Gasteiger partial charge in [0.05, 0.1) is 19.1 Å². The van der Waals surface area contributed by atoms with Crippen LogP contribution in [0, 0.1) is 5.92 Å². The molecule has 164 valence electrons. The highest BCUT2D eigenvalue weighted by molar-refractivity contribution is 6.37. The van der Waals surface area contributed by atoms with Crippen LogP contribution in [0.25, 0.3) is 0 Å². The lowest BCUT2D eigenvalue weighted by Crippen LogP contribution is -2.36. The minimum atomic E-state index is -0.919. The summed E-state index contributed by atoms with van der Waals surface area (Å²) in [4.78, 5) is 69.2. The Balaban J connectivity index is 3.96. The molecule has 0 aromatic carbocycles. The fraction of sp³-hybridized carbons (Fsp3) is 0.684. The molecule has 0 rings (SSSR count). The number of amides is 2. The Morgan fingerprint density at radius 1 is 0.759 bits per heavy atom. The van der Waals surface area contributed by atoms with Crippen LogP contribution in [0.1, 0.15) is 53.4 Å². The molecule has 0 unspecified atom stereocenters. The lowest BCUT2D eigenvalue weighted by atomic mass is 10.2. The summed E-state index contributed by atoms with van der Waals surface area (Å²) < 4.78 is 9.72. The molecule has 2 N–H and O–H groups in total. The third-order valence-corrected chi connectivity index (χ3v) is 3.27. The SMILES string of the molecule is CC(C)COC(=O)CNC(=O)C(=O)CCCNC(=O)C(=O)CCC(=O)OC(C)C. The monoisotopic (exact) mass is 414 g/mol. The maximum Gasteiger partial charge on any atom is 0.325 e. The third-order valence-electron chi connectivity index (χ3n) is 3.27. The zero-order valence-corrected chi connectivity index (χ0v) is 17.4. The Morgan fingerprint density at radius 2 is 1.34 bits per heavy atom. The van der Waals surface area contributed by atoms with Gasteiger partial charge in [-0.2, -0.15) is 0 Å². The minimum absolute atomic E-state index is 0.0104. The van der Waals surface area contributed by atoms with E-state index in [9.17, 15) is 28.8 Å². The summed E-state index contributed by atoms with van der Waals surface area (Å²) in [7, 11) is 0. The lowest BCUT2D eigenvalue weighted by molar-refractivity contribution is -0.149. The number of rotatable bonds is 14. The molecule has 0 radical (unpaired) electrons. The zero-order chi connectivity index (χ0) is 22.4. The van der Waals surface area contributed by atoms with Crippen molar-refractivity contribution >= 4 is 35.3 Å². The van der Waals surface area contributed by atoms with Crippen molar-refractivity contribution in [3.8, 4) is 0 Å². The average molecular weight is 414 g/mol. The number of carbonyl (C=O) groups excluding carboxylic acids is 6. The standard InChI is InChI=1S/C19H30N2O8/c1-12(2)11-28-17(25)10-21-19(27)14(22)6-5-9-20-18(26)15(23)7-8-16(24)29-13(3)4/h12-13H,5-11H2,1-4H3,(H,20,26)(H,21,27). The average Bonchev–Trinajstić information content (AvgIpc) is 2.64. The highest BCUT2D eigenvalue weighted by Gasteiger charge is 2.18. The molecule has 0 spiro atoms. The number of hydrogen-bond acceptors (Lipinski definition) is 8. The van der Waals surface area contributed by atoms with Gasteiger partial charge >= 0.3 is 11.9 Å². The van der Waals surface area contributed by atoms with Gasteiger partial charge < -0.3 is 20.1 Å². The molecule has 0 atom stereocenters. The van der Waals surface area contributed by atoms with Crippen LogP contribution in [0.15, 0.2) is 0 Å². The molecule has 0 heterocycles. The fourth-order valence-corrected chi connectivity index (χ4v) is 1.88. The van der Waals surface area contributed by atoms with E-state index in [0.717, 1.165) is 0 Å². The van der Waals surface area contributed by atoms with Crippen LogP contribution >= 0.6 is 0 Å². The zero-order valence-electron chi connectivity index (χ0n) is 17.4. The molecular formula is C19H30N2O8. The van der Waals surface area contributed by atoms with E-state index in [1.54, 1.807) is 13.8 Å². The summed E-state index contributed by atoms with van der Waals surface area (Å²) in [5.41, 5.74) is 0. The van der Waals surface area contributed by atoms with Gasteiger partial charge in [0, 0.05) is 19.4 Å². The molecule has 0 aliphatic heterocycles. The van der Waals surface area contributed by atoms with E-state index >= 15 is 0 Å². The largest absolute Gasteiger partial charge is 0.464 e. The Morgan fingerprint density at radius 3 is 1.93 bits per heavy atom. The van der Waals surface area contributed by atoms with Crippen LogP contribution in [0.2, 0.25) is 0 Å². The lowest BCUT2D eigenvalue weighted by Gasteiger charge is -2.08. The molecule has 0 aromatic heterocycles. The molecule has 0 bridgehead atoms. The van der Waals surface area contributed by atoms with E-state index in [4.69, 9.17) is 9.47 Å². The van der Waals surface area contributed by atoms with E-state index in [2.05, 4.69) is 10.6 Å². The number of ether oxygens (including phenoxy) is 2. The molecule has 2 amide bonds. The quantitative estimate of drug-likeness (QED) is 0.231. The van der Waals surface area contributed by atoms with Crippen molar-refractivity contribution in [1.82, 2.24) is 10.6 Å². The second-order valence-electron chi connectivity index (χ2n) is 7.00. The number of hydrogen-bond donors (Lipinski definition) is 2. The summed E-state index contributed by atoms with van der Waals surface area (Å²) in [6, 6.07) is 0. The molecular weight excluding hydrogens is 384 g/mol. The van der Waals surface area contributed by atoms with Crippen molar-refractivity contribution in [2.75, 3.05) is 19.7 Å². The second kappa shape index (κ2) is 14.3. The molecule has 10 nitrogen and oxygen atoms in total.